The van der Waals surface area contributed by atoms with Crippen molar-refractivity contribution in [2.45, 2.75) is 39.7 Å². The standard InChI is InChI=1S/C16H22BrNO/c1-4-7-11(3)15(18-5-2)14-10-12-8-6-9-13(17)16(12)19-14/h6,8-11,15,18H,4-5,7H2,1-3H3. The second kappa shape index (κ2) is 6.58. The molecule has 2 unspecified atom stereocenters. The molecule has 0 amide bonds. The number of hydrogen-bond donors (Lipinski definition) is 1. The van der Waals surface area contributed by atoms with Crippen LogP contribution in [0.5, 0.6) is 0 Å². The smallest absolute Gasteiger partial charge is 0.148 e. The summed E-state index contributed by atoms with van der Waals surface area (Å²) >= 11 is 3.55. The summed E-state index contributed by atoms with van der Waals surface area (Å²) in [6.07, 6.45) is 2.41. The summed E-state index contributed by atoms with van der Waals surface area (Å²) < 4.78 is 7.09. The van der Waals surface area contributed by atoms with Crippen LogP contribution in [-0.4, -0.2) is 6.54 Å². The van der Waals surface area contributed by atoms with Gasteiger partial charge in [-0.25, -0.2) is 0 Å². The van der Waals surface area contributed by atoms with Gasteiger partial charge in [0.25, 0.3) is 0 Å². The third-order valence-corrected chi connectivity index (χ3v) is 4.18. The monoisotopic (exact) mass is 323 g/mol. The Hall–Kier alpha value is -0.800. The number of para-hydroxylation sites is 1. The molecule has 0 saturated heterocycles. The molecule has 1 aromatic heterocycles. The van der Waals surface area contributed by atoms with Crippen molar-refractivity contribution in [3.63, 3.8) is 0 Å². The molecule has 2 atom stereocenters. The summed E-state index contributed by atoms with van der Waals surface area (Å²) in [5, 5.41) is 4.72. The SMILES string of the molecule is CCCC(C)C(NCC)c1cc2cccc(Br)c2o1. The zero-order valence-electron chi connectivity index (χ0n) is 11.9. The van der Waals surface area contributed by atoms with Crippen molar-refractivity contribution >= 4 is 26.9 Å². The molecule has 0 aliphatic rings. The Bertz CT molecular complexity index is 535. The Morgan fingerprint density at radius 1 is 1.32 bits per heavy atom. The van der Waals surface area contributed by atoms with Gasteiger partial charge >= 0.3 is 0 Å². The topological polar surface area (TPSA) is 25.2 Å². The second-order valence-electron chi connectivity index (χ2n) is 5.11. The molecule has 1 heterocycles. The van der Waals surface area contributed by atoms with Gasteiger partial charge in [0.1, 0.15) is 11.3 Å². The minimum atomic E-state index is 0.296. The molecule has 104 valence electrons. The zero-order chi connectivity index (χ0) is 13.8. The van der Waals surface area contributed by atoms with Crippen molar-refractivity contribution in [3.05, 3.63) is 34.5 Å². The highest BCUT2D eigenvalue weighted by molar-refractivity contribution is 9.10. The third kappa shape index (κ3) is 3.21. The van der Waals surface area contributed by atoms with E-state index in [1.54, 1.807) is 0 Å². The number of nitrogens with one attached hydrogen (secondary N) is 1. The molecule has 0 spiro atoms. The van der Waals surface area contributed by atoms with E-state index >= 15 is 0 Å². The van der Waals surface area contributed by atoms with E-state index in [2.05, 4.69) is 54.2 Å². The lowest BCUT2D eigenvalue weighted by Gasteiger charge is -2.22. The largest absolute Gasteiger partial charge is 0.458 e. The highest BCUT2D eigenvalue weighted by atomic mass is 79.9. The first kappa shape index (κ1) is 14.6. The Morgan fingerprint density at radius 2 is 2.11 bits per heavy atom. The number of benzene rings is 1. The molecule has 2 nitrogen and oxygen atoms in total. The maximum Gasteiger partial charge on any atom is 0.148 e. The molecule has 2 rings (SSSR count). The number of fused-ring (bicyclic) bond motifs is 1. The van der Waals surface area contributed by atoms with Gasteiger partial charge in [-0.05, 0) is 46.9 Å². The summed E-state index contributed by atoms with van der Waals surface area (Å²) in [5.41, 5.74) is 0.948. The first-order valence-corrected chi connectivity index (χ1v) is 7.88. The van der Waals surface area contributed by atoms with Gasteiger partial charge in [0, 0.05) is 5.39 Å². The number of halogens is 1. The summed E-state index contributed by atoms with van der Waals surface area (Å²) in [4.78, 5) is 0. The lowest BCUT2D eigenvalue weighted by Crippen LogP contribution is -2.26. The van der Waals surface area contributed by atoms with Crippen LogP contribution in [0.1, 0.15) is 45.4 Å². The molecule has 0 fully saturated rings. The predicted molar refractivity (Wildman–Crippen MR) is 84.4 cm³/mol. The molecule has 19 heavy (non-hydrogen) atoms. The lowest BCUT2D eigenvalue weighted by atomic mass is 9.95. The van der Waals surface area contributed by atoms with Crippen LogP contribution in [0.2, 0.25) is 0 Å². The summed E-state index contributed by atoms with van der Waals surface area (Å²) in [6, 6.07) is 8.63. The molecule has 2 aromatic rings. The summed E-state index contributed by atoms with van der Waals surface area (Å²) in [7, 11) is 0. The average molecular weight is 324 g/mol. The van der Waals surface area contributed by atoms with Gasteiger partial charge in [-0.2, -0.15) is 0 Å². The van der Waals surface area contributed by atoms with E-state index in [0.29, 0.717) is 12.0 Å². The molecule has 3 heteroatoms. The number of rotatable bonds is 6. The first-order valence-electron chi connectivity index (χ1n) is 7.08. The average Bonchev–Trinajstić information content (AvgIpc) is 2.81. The molecule has 0 radical (unpaired) electrons. The molecule has 0 aliphatic carbocycles. The Morgan fingerprint density at radius 3 is 2.74 bits per heavy atom. The first-order chi connectivity index (χ1) is 9.17. The fraction of sp³-hybridized carbons (Fsp3) is 0.500. The Kier molecular flexibility index (Phi) is 5.06. The van der Waals surface area contributed by atoms with E-state index in [9.17, 15) is 0 Å². The van der Waals surface area contributed by atoms with E-state index in [1.165, 1.54) is 12.8 Å². The van der Waals surface area contributed by atoms with Crippen LogP contribution in [0.15, 0.2) is 33.2 Å². The fourth-order valence-electron chi connectivity index (χ4n) is 2.62. The van der Waals surface area contributed by atoms with Crippen LogP contribution in [-0.2, 0) is 0 Å². The zero-order valence-corrected chi connectivity index (χ0v) is 13.5. The lowest BCUT2D eigenvalue weighted by molar-refractivity contribution is 0.322. The number of hydrogen-bond acceptors (Lipinski definition) is 2. The molecule has 0 bridgehead atoms. The number of furan rings is 1. The van der Waals surface area contributed by atoms with Gasteiger partial charge < -0.3 is 9.73 Å². The van der Waals surface area contributed by atoms with Crippen LogP contribution in [0.4, 0.5) is 0 Å². The van der Waals surface area contributed by atoms with Crippen molar-refractivity contribution in [1.29, 1.82) is 0 Å². The minimum absolute atomic E-state index is 0.296. The summed E-state index contributed by atoms with van der Waals surface area (Å²) in [5.74, 6) is 1.62. The highest BCUT2D eigenvalue weighted by Crippen LogP contribution is 2.33. The Balaban J connectivity index is 2.36. The van der Waals surface area contributed by atoms with Crippen LogP contribution in [0, 0.1) is 5.92 Å². The van der Waals surface area contributed by atoms with Crippen molar-refractivity contribution in [1.82, 2.24) is 5.32 Å². The Labute approximate surface area is 123 Å². The van der Waals surface area contributed by atoms with E-state index < -0.39 is 0 Å². The maximum atomic E-state index is 6.07. The van der Waals surface area contributed by atoms with Crippen LogP contribution in [0.3, 0.4) is 0 Å². The van der Waals surface area contributed by atoms with Crippen molar-refractivity contribution in [2.24, 2.45) is 5.92 Å². The maximum absolute atomic E-state index is 6.07. The van der Waals surface area contributed by atoms with Gasteiger partial charge in [0.05, 0.1) is 10.5 Å². The molecule has 1 N–H and O–H groups in total. The third-order valence-electron chi connectivity index (χ3n) is 3.56. The molecular formula is C16H22BrNO. The van der Waals surface area contributed by atoms with Crippen molar-refractivity contribution < 1.29 is 4.42 Å². The predicted octanol–water partition coefficient (Wildman–Crippen LogP) is 5.28. The van der Waals surface area contributed by atoms with Crippen LogP contribution < -0.4 is 5.32 Å². The van der Waals surface area contributed by atoms with E-state index in [4.69, 9.17) is 4.42 Å². The highest BCUT2D eigenvalue weighted by Gasteiger charge is 2.21. The summed E-state index contributed by atoms with van der Waals surface area (Å²) in [6.45, 7) is 7.62. The quantitative estimate of drug-likeness (QED) is 0.782. The molecule has 0 aliphatic heterocycles. The normalized spacial score (nSPS) is 14.7. The van der Waals surface area contributed by atoms with E-state index in [-0.39, 0.29) is 0 Å². The van der Waals surface area contributed by atoms with Crippen molar-refractivity contribution in [3.8, 4) is 0 Å². The fourth-order valence-corrected chi connectivity index (χ4v) is 3.09. The van der Waals surface area contributed by atoms with Gasteiger partial charge in [0.15, 0.2) is 0 Å². The van der Waals surface area contributed by atoms with Crippen LogP contribution in [0.25, 0.3) is 11.0 Å². The van der Waals surface area contributed by atoms with Gasteiger partial charge in [-0.15, -0.1) is 0 Å². The molecular weight excluding hydrogens is 302 g/mol. The second-order valence-corrected chi connectivity index (χ2v) is 5.96. The van der Waals surface area contributed by atoms with Gasteiger partial charge in [-0.1, -0.05) is 39.3 Å². The van der Waals surface area contributed by atoms with Gasteiger partial charge in [0.2, 0.25) is 0 Å². The van der Waals surface area contributed by atoms with Crippen LogP contribution >= 0.6 is 15.9 Å². The van der Waals surface area contributed by atoms with Crippen molar-refractivity contribution in [2.75, 3.05) is 6.54 Å². The van der Waals surface area contributed by atoms with Gasteiger partial charge in [-0.3, -0.25) is 0 Å². The minimum Gasteiger partial charge on any atom is -0.458 e. The van der Waals surface area contributed by atoms with E-state index in [1.807, 2.05) is 12.1 Å². The molecule has 0 saturated carbocycles. The van der Waals surface area contributed by atoms with E-state index in [0.717, 1.165) is 27.7 Å². The molecule has 1 aromatic carbocycles.